The number of allylic oxidation sites excluding steroid dienone is 1. The fourth-order valence-electron chi connectivity index (χ4n) is 2.61. The van der Waals surface area contributed by atoms with E-state index in [0.29, 0.717) is 23.6 Å². The van der Waals surface area contributed by atoms with Gasteiger partial charge >= 0.3 is 0 Å². The molecule has 124 valence electrons. The van der Waals surface area contributed by atoms with Crippen LogP contribution in [0.5, 0.6) is 0 Å². The molecule has 2 amide bonds. The van der Waals surface area contributed by atoms with Crippen molar-refractivity contribution in [2.45, 2.75) is 19.3 Å². The molecule has 3 rings (SSSR count). The van der Waals surface area contributed by atoms with Crippen LogP contribution in [-0.4, -0.2) is 40.0 Å². The van der Waals surface area contributed by atoms with Crippen molar-refractivity contribution in [2.75, 3.05) is 17.2 Å². The van der Waals surface area contributed by atoms with E-state index in [0.717, 1.165) is 29.9 Å². The van der Waals surface area contributed by atoms with Gasteiger partial charge in [-0.3, -0.25) is 14.4 Å². The van der Waals surface area contributed by atoms with Gasteiger partial charge < -0.3 is 10.0 Å². The lowest BCUT2D eigenvalue weighted by Crippen LogP contribution is -2.23. The van der Waals surface area contributed by atoms with Crippen molar-refractivity contribution >= 4 is 40.1 Å². The molecule has 6 nitrogen and oxygen atoms in total. The summed E-state index contributed by atoms with van der Waals surface area (Å²) in [6.07, 6.45) is 2.68. The van der Waals surface area contributed by atoms with E-state index in [4.69, 9.17) is 0 Å². The SMILES string of the molecule is O=C1C=C(O)CC(SCC(=O)c2ccc(N3CCCC3=O)cc2)=N1. The number of Topliss-reactive ketones (excluding diaryl/α,β-unsaturated/α-hetero) is 1. The van der Waals surface area contributed by atoms with Gasteiger partial charge in [0.25, 0.3) is 5.91 Å². The summed E-state index contributed by atoms with van der Waals surface area (Å²) in [5.74, 6) is -0.389. The van der Waals surface area contributed by atoms with E-state index < -0.39 is 5.91 Å². The molecular weight excluding hydrogens is 328 g/mol. The number of carbonyl (C=O) groups excluding carboxylic acids is 3. The van der Waals surface area contributed by atoms with Crippen molar-refractivity contribution in [1.29, 1.82) is 0 Å². The van der Waals surface area contributed by atoms with E-state index >= 15 is 0 Å². The Balaban J connectivity index is 1.59. The minimum atomic E-state index is -0.506. The Morgan fingerprint density at radius 1 is 1.25 bits per heavy atom. The van der Waals surface area contributed by atoms with Gasteiger partial charge in [-0.2, -0.15) is 0 Å². The van der Waals surface area contributed by atoms with Crippen LogP contribution in [0.3, 0.4) is 0 Å². The number of thioether (sulfide) groups is 1. The van der Waals surface area contributed by atoms with E-state index in [9.17, 15) is 19.5 Å². The van der Waals surface area contributed by atoms with Crippen LogP contribution in [0.25, 0.3) is 0 Å². The van der Waals surface area contributed by atoms with Crippen LogP contribution in [0, 0.1) is 0 Å². The molecule has 2 heterocycles. The van der Waals surface area contributed by atoms with Gasteiger partial charge in [-0.15, -0.1) is 11.8 Å². The number of benzene rings is 1. The molecule has 0 spiro atoms. The first kappa shape index (κ1) is 16.4. The summed E-state index contributed by atoms with van der Waals surface area (Å²) >= 11 is 1.15. The summed E-state index contributed by atoms with van der Waals surface area (Å²) in [4.78, 5) is 40.7. The zero-order chi connectivity index (χ0) is 17.1. The first-order valence-electron chi connectivity index (χ1n) is 7.60. The summed E-state index contributed by atoms with van der Waals surface area (Å²) in [5.41, 5.74) is 1.35. The lowest BCUT2D eigenvalue weighted by molar-refractivity contribution is -0.117. The van der Waals surface area contributed by atoms with Crippen LogP contribution in [0.2, 0.25) is 0 Å². The zero-order valence-corrected chi connectivity index (χ0v) is 13.7. The number of aliphatic imine (C=N–C) groups is 1. The minimum Gasteiger partial charge on any atom is -0.512 e. The Labute approximate surface area is 143 Å². The lowest BCUT2D eigenvalue weighted by atomic mass is 10.1. The second-order valence-corrected chi connectivity index (χ2v) is 6.61. The topological polar surface area (TPSA) is 87.0 Å². The van der Waals surface area contributed by atoms with Gasteiger partial charge in [-0.25, -0.2) is 4.99 Å². The molecule has 1 saturated heterocycles. The van der Waals surface area contributed by atoms with Crippen LogP contribution in [-0.2, 0) is 9.59 Å². The summed E-state index contributed by atoms with van der Waals surface area (Å²) < 4.78 is 0. The molecule has 1 fully saturated rings. The quantitative estimate of drug-likeness (QED) is 0.848. The van der Waals surface area contributed by atoms with Gasteiger partial charge in [0.2, 0.25) is 5.91 Å². The number of anilines is 1. The third-order valence-corrected chi connectivity index (χ3v) is 4.78. The molecule has 0 bridgehead atoms. The van der Waals surface area contributed by atoms with Gasteiger partial charge in [0, 0.05) is 30.3 Å². The number of aliphatic hydroxyl groups excluding tert-OH is 1. The number of rotatable bonds is 4. The molecule has 0 saturated carbocycles. The normalized spacial score (nSPS) is 17.8. The molecule has 0 atom stereocenters. The maximum atomic E-state index is 12.2. The predicted molar refractivity (Wildman–Crippen MR) is 92.6 cm³/mol. The first-order chi connectivity index (χ1) is 11.5. The molecular formula is C17H16N2O4S. The van der Waals surface area contributed by atoms with Crippen molar-refractivity contribution < 1.29 is 19.5 Å². The Kier molecular flexibility index (Phi) is 4.80. The lowest BCUT2D eigenvalue weighted by Gasteiger charge is -2.15. The number of ketones is 1. The van der Waals surface area contributed by atoms with E-state index in [1.54, 1.807) is 29.2 Å². The number of nitrogens with zero attached hydrogens (tertiary/aromatic N) is 2. The van der Waals surface area contributed by atoms with Crippen LogP contribution in [0.1, 0.15) is 29.6 Å². The molecule has 2 aliphatic rings. The summed E-state index contributed by atoms with van der Waals surface area (Å²) in [5, 5.41) is 9.85. The fourth-order valence-corrected chi connectivity index (χ4v) is 3.48. The second kappa shape index (κ2) is 7.00. The Hall–Kier alpha value is -2.41. The standard InChI is InChI=1S/C17H16N2O4S/c20-13-8-15(22)18-16(9-13)24-10-14(21)11-3-5-12(6-4-11)19-7-1-2-17(19)23/h3-6,8,20H,1-2,7,9-10H2. The molecule has 2 aliphatic heterocycles. The van der Waals surface area contributed by atoms with E-state index in [1.807, 2.05) is 0 Å². The van der Waals surface area contributed by atoms with Crippen molar-refractivity contribution in [2.24, 2.45) is 4.99 Å². The maximum absolute atomic E-state index is 12.2. The number of aliphatic hydroxyl groups is 1. The van der Waals surface area contributed by atoms with Crippen LogP contribution in [0.15, 0.2) is 41.1 Å². The van der Waals surface area contributed by atoms with E-state index in [1.165, 1.54) is 0 Å². The Morgan fingerprint density at radius 3 is 2.62 bits per heavy atom. The highest BCUT2D eigenvalue weighted by atomic mass is 32.2. The summed E-state index contributed by atoms with van der Waals surface area (Å²) in [6, 6.07) is 6.96. The molecule has 1 aromatic rings. The monoisotopic (exact) mass is 344 g/mol. The summed E-state index contributed by atoms with van der Waals surface area (Å²) in [7, 11) is 0. The second-order valence-electron chi connectivity index (χ2n) is 5.56. The molecule has 0 aliphatic carbocycles. The van der Waals surface area contributed by atoms with Gasteiger partial charge in [-0.05, 0) is 30.7 Å². The third-order valence-electron chi connectivity index (χ3n) is 3.80. The molecule has 0 unspecified atom stereocenters. The van der Waals surface area contributed by atoms with Gasteiger partial charge in [-0.1, -0.05) is 0 Å². The van der Waals surface area contributed by atoms with E-state index in [2.05, 4.69) is 4.99 Å². The number of hydrogen-bond donors (Lipinski definition) is 1. The molecule has 24 heavy (non-hydrogen) atoms. The Morgan fingerprint density at radius 2 is 2.00 bits per heavy atom. The molecule has 7 heteroatoms. The van der Waals surface area contributed by atoms with Gasteiger partial charge in [0.15, 0.2) is 5.78 Å². The van der Waals surface area contributed by atoms with Crippen LogP contribution < -0.4 is 4.90 Å². The number of hydrogen-bond acceptors (Lipinski definition) is 5. The highest BCUT2D eigenvalue weighted by Crippen LogP contribution is 2.23. The highest BCUT2D eigenvalue weighted by Gasteiger charge is 2.22. The van der Waals surface area contributed by atoms with Crippen molar-refractivity contribution in [3.05, 3.63) is 41.7 Å². The van der Waals surface area contributed by atoms with E-state index in [-0.39, 0.29) is 29.6 Å². The van der Waals surface area contributed by atoms with Crippen molar-refractivity contribution in [3.63, 3.8) is 0 Å². The van der Waals surface area contributed by atoms with Gasteiger partial charge in [0.1, 0.15) is 5.76 Å². The smallest absolute Gasteiger partial charge is 0.273 e. The molecule has 0 aromatic heterocycles. The zero-order valence-electron chi connectivity index (χ0n) is 12.9. The number of amides is 2. The third kappa shape index (κ3) is 3.73. The van der Waals surface area contributed by atoms with Crippen molar-refractivity contribution in [1.82, 2.24) is 0 Å². The summed E-state index contributed by atoms with van der Waals surface area (Å²) in [6.45, 7) is 0.715. The molecule has 1 aromatic carbocycles. The Bertz CT molecular complexity index is 752. The number of dihydropyridines is 1. The highest BCUT2D eigenvalue weighted by molar-refractivity contribution is 8.14. The molecule has 0 radical (unpaired) electrons. The largest absolute Gasteiger partial charge is 0.512 e. The predicted octanol–water partition coefficient (Wildman–Crippen LogP) is 2.50. The van der Waals surface area contributed by atoms with Crippen molar-refractivity contribution in [3.8, 4) is 0 Å². The average Bonchev–Trinajstić information content (AvgIpc) is 2.98. The van der Waals surface area contributed by atoms with Crippen LogP contribution in [0.4, 0.5) is 5.69 Å². The minimum absolute atomic E-state index is 0.0374. The van der Waals surface area contributed by atoms with Crippen LogP contribution >= 0.6 is 11.8 Å². The van der Waals surface area contributed by atoms with Gasteiger partial charge in [0.05, 0.1) is 17.2 Å². The average molecular weight is 344 g/mol. The maximum Gasteiger partial charge on any atom is 0.273 e. The number of carbonyl (C=O) groups is 3. The first-order valence-corrected chi connectivity index (χ1v) is 8.59. The fraction of sp³-hybridized carbons (Fsp3) is 0.294. The molecule has 1 N–H and O–H groups in total.